The van der Waals surface area contributed by atoms with Gasteiger partial charge in [0.15, 0.2) is 0 Å². The van der Waals surface area contributed by atoms with E-state index in [1.54, 1.807) is 6.92 Å². The number of alkyl halides is 1. The van der Waals surface area contributed by atoms with Crippen LogP contribution >= 0.6 is 27.5 Å². The van der Waals surface area contributed by atoms with E-state index in [-0.39, 0.29) is 10.6 Å². The third-order valence-electron chi connectivity index (χ3n) is 2.61. The average Bonchev–Trinajstić information content (AvgIpc) is 2.93. The molecule has 1 aliphatic rings. The molecular weight excluding hydrogens is 266 g/mol. The minimum Gasteiger partial charge on any atom is -0.207 e. The quantitative estimate of drug-likeness (QED) is 0.691. The fraction of sp³-hybridized carbons (Fsp3) is 0.455. The van der Waals surface area contributed by atoms with Gasteiger partial charge in [0.1, 0.15) is 5.82 Å². The summed E-state index contributed by atoms with van der Waals surface area (Å²) in [5, 5.41) is 0.530. The van der Waals surface area contributed by atoms with Gasteiger partial charge in [0.25, 0.3) is 0 Å². The van der Waals surface area contributed by atoms with Gasteiger partial charge in [0, 0.05) is 9.85 Å². The number of benzene rings is 1. The van der Waals surface area contributed by atoms with Gasteiger partial charge in [-0.1, -0.05) is 33.6 Å². The van der Waals surface area contributed by atoms with Gasteiger partial charge in [0.2, 0.25) is 0 Å². The van der Waals surface area contributed by atoms with Crippen molar-refractivity contribution < 1.29 is 4.39 Å². The number of rotatable bonds is 2. The fourth-order valence-corrected chi connectivity index (χ4v) is 2.84. The van der Waals surface area contributed by atoms with Crippen LogP contribution in [0, 0.1) is 18.7 Å². The summed E-state index contributed by atoms with van der Waals surface area (Å²) < 4.78 is 13.1. The summed E-state index contributed by atoms with van der Waals surface area (Å²) in [6, 6.07) is 3.25. The van der Waals surface area contributed by atoms with Crippen molar-refractivity contribution >= 4 is 27.5 Å². The first-order chi connectivity index (χ1) is 6.59. The maximum atomic E-state index is 13.1. The first kappa shape index (κ1) is 10.4. The molecule has 0 saturated heterocycles. The Labute approximate surface area is 96.6 Å². The average molecular weight is 278 g/mol. The van der Waals surface area contributed by atoms with Crippen LogP contribution in [0.3, 0.4) is 0 Å². The van der Waals surface area contributed by atoms with Crippen molar-refractivity contribution in [1.29, 1.82) is 0 Å². The van der Waals surface area contributed by atoms with Gasteiger partial charge in [-0.15, -0.1) is 0 Å². The molecule has 0 amide bonds. The van der Waals surface area contributed by atoms with Crippen molar-refractivity contribution in [3.05, 3.63) is 34.1 Å². The molecule has 2 rings (SSSR count). The molecular formula is C11H11BrClF. The van der Waals surface area contributed by atoms with Gasteiger partial charge >= 0.3 is 0 Å². The van der Waals surface area contributed by atoms with E-state index in [0.717, 1.165) is 5.56 Å². The fourth-order valence-electron chi connectivity index (χ4n) is 1.53. The van der Waals surface area contributed by atoms with E-state index in [2.05, 4.69) is 15.9 Å². The molecule has 1 aliphatic carbocycles. The predicted octanol–water partition coefficient (Wildman–Crippen LogP) is 4.63. The Balaban J connectivity index is 2.36. The third kappa shape index (κ3) is 1.96. The van der Waals surface area contributed by atoms with E-state index in [4.69, 9.17) is 11.6 Å². The van der Waals surface area contributed by atoms with E-state index in [9.17, 15) is 4.39 Å². The number of hydrogen-bond acceptors (Lipinski definition) is 0. The Morgan fingerprint density at radius 3 is 2.71 bits per heavy atom. The SMILES string of the molecule is Cc1cc(C(Br)C2CC2)c(Cl)cc1F. The van der Waals surface area contributed by atoms with Crippen molar-refractivity contribution in [3.8, 4) is 0 Å². The van der Waals surface area contributed by atoms with E-state index in [1.807, 2.05) is 6.07 Å². The molecule has 1 atom stereocenters. The van der Waals surface area contributed by atoms with Crippen molar-refractivity contribution in [3.63, 3.8) is 0 Å². The zero-order chi connectivity index (χ0) is 10.3. The van der Waals surface area contributed by atoms with Crippen molar-refractivity contribution in [2.45, 2.75) is 24.6 Å². The molecule has 14 heavy (non-hydrogen) atoms. The van der Waals surface area contributed by atoms with Crippen LogP contribution < -0.4 is 0 Å². The predicted molar refractivity (Wildman–Crippen MR) is 60.5 cm³/mol. The molecule has 0 aliphatic heterocycles. The lowest BCUT2D eigenvalue weighted by atomic mass is 10.1. The van der Waals surface area contributed by atoms with Crippen LogP contribution in [0.1, 0.15) is 28.8 Å². The molecule has 0 radical (unpaired) electrons. The second-order valence-electron chi connectivity index (χ2n) is 3.86. The molecule has 1 saturated carbocycles. The molecule has 0 nitrogen and oxygen atoms in total. The topological polar surface area (TPSA) is 0 Å². The molecule has 0 spiro atoms. The number of halogens is 3. The summed E-state index contributed by atoms with van der Waals surface area (Å²) in [6.07, 6.45) is 2.48. The van der Waals surface area contributed by atoms with Crippen LogP contribution in [0.5, 0.6) is 0 Å². The van der Waals surface area contributed by atoms with Gasteiger partial charge in [-0.3, -0.25) is 0 Å². The summed E-state index contributed by atoms with van der Waals surface area (Å²) in [4.78, 5) is 0.286. The Hall–Kier alpha value is -0.0800. The van der Waals surface area contributed by atoms with Crippen molar-refractivity contribution in [2.24, 2.45) is 5.92 Å². The highest BCUT2D eigenvalue weighted by Crippen LogP contribution is 2.48. The summed E-state index contributed by atoms with van der Waals surface area (Å²) in [6.45, 7) is 1.77. The van der Waals surface area contributed by atoms with Gasteiger partial charge in [0.05, 0.1) is 0 Å². The van der Waals surface area contributed by atoms with Gasteiger partial charge in [-0.2, -0.15) is 0 Å². The normalized spacial score (nSPS) is 18.3. The van der Waals surface area contributed by atoms with Gasteiger partial charge in [-0.05, 0) is 42.9 Å². The second kappa shape index (κ2) is 3.82. The zero-order valence-corrected chi connectivity index (χ0v) is 10.2. The molecule has 0 aromatic heterocycles. The lowest BCUT2D eigenvalue weighted by Crippen LogP contribution is -1.96. The molecule has 76 valence electrons. The van der Waals surface area contributed by atoms with Crippen LogP contribution in [0.2, 0.25) is 5.02 Å². The molecule has 1 unspecified atom stereocenters. The van der Waals surface area contributed by atoms with E-state index >= 15 is 0 Å². The largest absolute Gasteiger partial charge is 0.207 e. The maximum absolute atomic E-state index is 13.1. The van der Waals surface area contributed by atoms with E-state index in [1.165, 1.54) is 18.9 Å². The van der Waals surface area contributed by atoms with Gasteiger partial charge in [-0.25, -0.2) is 4.39 Å². The van der Waals surface area contributed by atoms with Crippen LogP contribution in [0.25, 0.3) is 0 Å². The smallest absolute Gasteiger partial charge is 0.127 e. The lowest BCUT2D eigenvalue weighted by Gasteiger charge is -2.12. The highest BCUT2D eigenvalue weighted by molar-refractivity contribution is 9.09. The highest BCUT2D eigenvalue weighted by atomic mass is 79.9. The summed E-state index contributed by atoms with van der Waals surface area (Å²) in [7, 11) is 0. The van der Waals surface area contributed by atoms with Gasteiger partial charge < -0.3 is 0 Å². The van der Waals surface area contributed by atoms with Crippen LogP contribution in [-0.2, 0) is 0 Å². The first-order valence-electron chi connectivity index (χ1n) is 4.69. The minimum absolute atomic E-state index is 0.228. The van der Waals surface area contributed by atoms with E-state index < -0.39 is 0 Å². The Morgan fingerprint density at radius 2 is 2.14 bits per heavy atom. The summed E-state index contributed by atoms with van der Waals surface area (Å²) >= 11 is 9.61. The van der Waals surface area contributed by atoms with E-state index in [0.29, 0.717) is 16.5 Å². The maximum Gasteiger partial charge on any atom is 0.127 e. The second-order valence-corrected chi connectivity index (χ2v) is 5.26. The van der Waals surface area contributed by atoms with Crippen molar-refractivity contribution in [1.82, 2.24) is 0 Å². The molecule has 1 aromatic rings. The minimum atomic E-state index is -0.228. The molecule has 1 aromatic carbocycles. The summed E-state index contributed by atoms with van der Waals surface area (Å²) in [5.41, 5.74) is 1.68. The highest BCUT2D eigenvalue weighted by Gasteiger charge is 2.31. The van der Waals surface area contributed by atoms with Crippen LogP contribution in [0.4, 0.5) is 4.39 Å². The number of hydrogen-bond donors (Lipinski definition) is 0. The molecule has 0 bridgehead atoms. The first-order valence-corrected chi connectivity index (χ1v) is 5.98. The number of aryl methyl sites for hydroxylation is 1. The third-order valence-corrected chi connectivity index (χ3v) is 4.18. The molecule has 1 fully saturated rings. The van der Waals surface area contributed by atoms with Crippen molar-refractivity contribution in [2.75, 3.05) is 0 Å². The molecule has 0 heterocycles. The Morgan fingerprint density at radius 1 is 1.50 bits per heavy atom. The summed E-state index contributed by atoms with van der Waals surface area (Å²) in [5.74, 6) is 0.451. The zero-order valence-electron chi connectivity index (χ0n) is 7.86. The lowest BCUT2D eigenvalue weighted by molar-refractivity contribution is 0.617. The molecule has 0 N–H and O–H groups in total. The van der Waals surface area contributed by atoms with Crippen LogP contribution in [-0.4, -0.2) is 0 Å². The Bertz CT molecular complexity index is 361. The van der Waals surface area contributed by atoms with Crippen LogP contribution in [0.15, 0.2) is 12.1 Å². The molecule has 3 heteroatoms. The Kier molecular flexibility index (Phi) is 2.85. The monoisotopic (exact) mass is 276 g/mol. The standard InChI is InChI=1S/C11H11BrClF/c1-6-4-8(9(13)5-10(6)14)11(12)7-2-3-7/h4-5,7,11H,2-3H2,1H3.